The van der Waals surface area contributed by atoms with E-state index in [0.717, 1.165) is 36.2 Å². The van der Waals surface area contributed by atoms with E-state index in [-0.39, 0.29) is 12.5 Å². The molecule has 0 atom stereocenters. The molecule has 1 aliphatic rings. The van der Waals surface area contributed by atoms with Crippen molar-refractivity contribution in [1.29, 1.82) is 0 Å². The maximum atomic E-state index is 12.3. The third kappa shape index (κ3) is 4.23. The summed E-state index contributed by atoms with van der Waals surface area (Å²) in [7, 11) is 0. The van der Waals surface area contributed by atoms with E-state index < -0.39 is 6.03 Å². The number of rotatable bonds is 3. The molecule has 0 unspecified atom stereocenters. The van der Waals surface area contributed by atoms with Crippen LogP contribution in [0.1, 0.15) is 28.7 Å². The summed E-state index contributed by atoms with van der Waals surface area (Å²) in [5.74, 6) is -0.305. The number of anilines is 2. The summed E-state index contributed by atoms with van der Waals surface area (Å²) in [6.45, 7) is 7.00. The molecule has 1 aliphatic heterocycles. The summed E-state index contributed by atoms with van der Waals surface area (Å²) >= 11 is 0. The summed E-state index contributed by atoms with van der Waals surface area (Å²) in [6.07, 6.45) is 2.04. The Morgan fingerprint density at radius 3 is 2.54 bits per heavy atom. The van der Waals surface area contributed by atoms with Crippen molar-refractivity contribution in [2.45, 2.75) is 33.6 Å². The molecule has 0 aliphatic carbocycles. The third-order valence-electron chi connectivity index (χ3n) is 4.67. The molecule has 1 heterocycles. The lowest BCUT2D eigenvalue weighted by molar-refractivity contribution is -0.118. The number of urea groups is 1. The van der Waals surface area contributed by atoms with Gasteiger partial charge in [-0.05, 0) is 56.9 Å². The highest BCUT2D eigenvalue weighted by Gasteiger charge is 2.20. The zero-order valence-corrected chi connectivity index (χ0v) is 15.6. The monoisotopic (exact) mass is 351 g/mol. The van der Waals surface area contributed by atoms with E-state index in [1.54, 1.807) is 0 Å². The minimum absolute atomic E-state index is 0.177. The van der Waals surface area contributed by atoms with Crippen LogP contribution in [-0.4, -0.2) is 25.0 Å². The second-order valence-corrected chi connectivity index (χ2v) is 6.98. The van der Waals surface area contributed by atoms with Gasteiger partial charge in [0, 0.05) is 17.9 Å². The van der Waals surface area contributed by atoms with Crippen LogP contribution in [0.2, 0.25) is 0 Å². The van der Waals surface area contributed by atoms with E-state index in [2.05, 4.69) is 35.8 Å². The van der Waals surface area contributed by atoms with Crippen molar-refractivity contribution in [2.75, 3.05) is 23.3 Å². The van der Waals surface area contributed by atoms with E-state index in [0.29, 0.717) is 5.69 Å². The van der Waals surface area contributed by atoms with Gasteiger partial charge >= 0.3 is 6.03 Å². The average molecular weight is 351 g/mol. The lowest BCUT2D eigenvalue weighted by atomic mass is 9.99. The molecule has 0 fully saturated rings. The number of fused-ring (bicyclic) bond motifs is 1. The first-order chi connectivity index (χ1) is 12.4. The highest BCUT2D eigenvalue weighted by molar-refractivity contribution is 6.02. The van der Waals surface area contributed by atoms with Crippen molar-refractivity contribution in [2.24, 2.45) is 0 Å². The van der Waals surface area contributed by atoms with Gasteiger partial charge in [0.05, 0.1) is 6.54 Å². The summed E-state index contributed by atoms with van der Waals surface area (Å²) in [4.78, 5) is 26.5. The number of carbonyl (C=O) groups excluding carboxylic acids is 2. The van der Waals surface area contributed by atoms with Crippen LogP contribution in [-0.2, 0) is 11.2 Å². The predicted molar refractivity (Wildman–Crippen MR) is 105 cm³/mol. The second-order valence-electron chi connectivity index (χ2n) is 6.98. The number of nitrogens with zero attached hydrogens (tertiary/aromatic N) is 1. The normalized spacial score (nSPS) is 13.1. The van der Waals surface area contributed by atoms with Crippen LogP contribution < -0.4 is 15.5 Å². The van der Waals surface area contributed by atoms with Gasteiger partial charge in [0.2, 0.25) is 5.91 Å². The fraction of sp³-hybridized carbons (Fsp3) is 0.333. The Kier molecular flexibility index (Phi) is 5.26. The van der Waals surface area contributed by atoms with Crippen LogP contribution >= 0.6 is 0 Å². The van der Waals surface area contributed by atoms with Gasteiger partial charge in [-0.25, -0.2) is 4.79 Å². The minimum Gasteiger partial charge on any atom is -0.362 e. The van der Waals surface area contributed by atoms with Crippen LogP contribution in [0.15, 0.2) is 36.4 Å². The number of nitrogens with one attached hydrogen (secondary N) is 2. The Balaban J connectivity index is 1.60. The Morgan fingerprint density at radius 1 is 1.04 bits per heavy atom. The zero-order chi connectivity index (χ0) is 18.7. The number of imide groups is 1. The Morgan fingerprint density at radius 2 is 1.77 bits per heavy atom. The quantitative estimate of drug-likeness (QED) is 0.886. The van der Waals surface area contributed by atoms with Crippen molar-refractivity contribution in [3.63, 3.8) is 0 Å². The highest BCUT2D eigenvalue weighted by Crippen LogP contribution is 2.27. The number of hydrogen-bond acceptors (Lipinski definition) is 3. The molecular weight excluding hydrogens is 326 g/mol. The molecule has 0 bridgehead atoms. The number of aryl methyl sites for hydroxylation is 4. The van der Waals surface area contributed by atoms with Crippen LogP contribution in [0.5, 0.6) is 0 Å². The van der Waals surface area contributed by atoms with Crippen molar-refractivity contribution in [3.05, 3.63) is 58.7 Å². The first kappa shape index (κ1) is 18.0. The lowest BCUT2D eigenvalue weighted by Crippen LogP contribution is -2.43. The SMILES string of the molecule is Cc1ccc(NC(=O)NC(=O)CN2CCCc3cc(C)ccc32)c(C)c1. The van der Waals surface area contributed by atoms with E-state index in [1.165, 1.54) is 11.1 Å². The highest BCUT2D eigenvalue weighted by atomic mass is 16.2. The number of amides is 3. The van der Waals surface area contributed by atoms with E-state index in [4.69, 9.17) is 0 Å². The van der Waals surface area contributed by atoms with Gasteiger partial charge in [0.15, 0.2) is 0 Å². The van der Waals surface area contributed by atoms with Gasteiger partial charge in [0.25, 0.3) is 0 Å². The van der Waals surface area contributed by atoms with Gasteiger partial charge < -0.3 is 10.2 Å². The molecule has 136 valence electrons. The summed E-state index contributed by atoms with van der Waals surface area (Å²) < 4.78 is 0. The summed E-state index contributed by atoms with van der Waals surface area (Å²) in [5.41, 5.74) is 6.38. The Bertz CT molecular complexity index is 845. The van der Waals surface area contributed by atoms with Gasteiger partial charge in [-0.3, -0.25) is 10.1 Å². The maximum Gasteiger partial charge on any atom is 0.325 e. The molecular formula is C21H25N3O2. The fourth-order valence-electron chi connectivity index (χ4n) is 3.41. The number of carbonyl (C=O) groups is 2. The molecule has 0 saturated carbocycles. The topological polar surface area (TPSA) is 61.4 Å². The van der Waals surface area contributed by atoms with Crippen LogP contribution in [0.4, 0.5) is 16.2 Å². The van der Waals surface area contributed by atoms with Crippen LogP contribution in [0.25, 0.3) is 0 Å². The summed E-state index contributed by atoms with van der Waals surface area (Å²) in [6, 6.07) is 11.6. The zero-order valence-electron chi connectivity index (χ0n) is 15.6. The summed E-state index contributed by atoms with van der Waals surface area (Å²) in [5, 5.41) is 5.17. The Hall–Kier alpha value is -2.82. The second kappa shape index (κ2) is 7.60. The number of hydrogen-bond donors (Lipinski definition) is 2. The van der Waals surface area contributed by atoms with Crippen molar-refractivity contribution >= 4 is 23.3 Å². The van der Waals surface area contributed by atoms with Gasteiger partial charge in [0.1, 0.15) is 0 Å². The predicted octanol–water partition coefficient (Wildman–Crippen LogP) is 3.71. The molecule has 2 N–H and O–H groups in total. The lowest BCUT2D eigenvalue weighted by Gasteiger charge is -2.30. The molecule has 26 heavy (non-hydrogen) atoms. The first-order valence-corrected chi connectivity index (χ1v) is 8.95. The van der Waals surface area contributed by atoms with Crippen LogP contribution in [0.3, 0.4) is 0 Å². The van der Waals surface area contributed by atoms with Gasteiger partial charge in [-0.2, -0.15) is 0 Å². The van der Waals surface area contributed by atoms with Gasteiger partial charge in [-0.15, -0.1) is 0 Å². The molecule has 0 aromatic heterocycles. The van der Waals surface area contributed by atoms with Crippen molar-refractivity contribution in [3.8, 4) is 0 Å². The van der Waals surface area contributed by atoms with Crippen molar-refractivity contribution in [1.82, 2.24) is 5.32 Å². The minimum atomic E-state index is -0.497. The average Bonchev–Trinajstić information content (AvgIpc) is 2.57. The molecule has 5 nitrogen and oxygen atoms in total. The smallest absolute Gasteiger partial charge is 0.325 e. The van der Waals surface area contributed by atoms with Gasteiger partial charge in [-0.1, -0.05) is 35.4 Å². The molecule has 0 spiro atoms. The van der Waals surface area contributed by atoms with E-state index >= 15 is 0 Å². The Labute approximate surface area is 154 Å². The van der Waals surface area contributed by atoms with E-state index in [9.17, 15) is 9.59 Å². The standard InChI is InChI=1S/C21H25N3O2/c1-14-6-8-18(16(3)11-14)22-21(26)23-20(25)13-24-10-4-5-17-12-15(2)7-9-19(17)24/h6-9,11-12H,4-5,10,13H2,1-3H3,(H2,22,23,25,26). The van der Waals surface area contributed by atoms with Crippen molar-refractivity contribution < 1.29 is 9.59 Å². The molecule has 3 amide bonds. The molecule has 0 radical (unpaired) electrons. The van der Waals surface area contributed by atoms with Crippen LogP contribution in [0, 0.1) is 20.8 Å². The fourth-order valence-corrected chi connectivity index (χ4v) is 3.41. The molecule has 5 heteroatoms. The molecule has 0 saturated heterocycles. The molecule has 2 aromatic carbocycles. The molecule has 2 aromatic rings. The largest absolute Gasteiger partial charge is 0.362 e. The number of benzene rings is 2. The third-order valence-corrected chi connectivity index (χ3v) is 4.67. The van der Waals surface area contributed by atoms with E-state index in [1.807, 2.05) is 36.9 Å². The molecule has 3 rings (SSSR count). The first-order valence-electron chi connectivity index (χ1n) is 8.95. The maximum absolute atomic E-state index is 12.3.